The van der Waals surface area contributed by atoms with E-state index in [0.717, 1.165) is 0 Å². The minimum Gasteiger partial charge on any atom is -0.468 e. The van der Waals surface area contributed by atoms with E-state index in [1.165, 1.54) is 7.11 Å². The van der Waals surface area contributed by atoms with Crippen LogP contribution in [-0.4, -0.2) is 31.4 Å². The van der Waals surface area contributed by atoms with Crippen LogP contribution in [0.5, 0.6) is 0 Å². The van der Waals surface area contributed by atoms with Crippen LogP contribution in [0.4, 0.5) is 0 Å². The third-order valence-corrected chi connectivity index (χ3v) is 5.32. The fourth-order valence-corrected chi connectivity index (χ4v) is 3.61. The molecule has 0 bridgehead atoms. The van der Waals surface area contributed by atoms with Crippen LogP contribution in [0.1, 0.15) is 39.5 Å². The number of hydrogen-bond acceptors (Lipinski definition) is 5. The van der Waals surface area contributed by atoms with Crippen molar-refractivity contribution in [1.82, 2.24) is 0 Å². The number of carbonyl (C=O) groups is 3. The molecule has 2 fully saturated rings. The highest BCUT2D eigenvalue weighted by molar-refractivity contribution is 5.94. The predicted molar refractivity (Wildman–Crippen MR) is 75.3 cm³/mol. The fourth-order valence-electron chi connectivity index (χ4n) is 3.61. The summed E-state index contributed by atoms with van der Waals surface area (Å²) in [6, 6.07) is 0. The number of carbonyl (C=O) groups excluding carboxylic acids is 3. The van der Waals surface area contributed by atoms with E-state index in [4.69, 9.17) is 9.47 Å². The van der Waals surface area contributed by atoms with Gasteiger partial charge in [-0.25, -0.2) is 0 Å². The topological polar surface area (TPSA) is 69.7 Å². The van der Waals surface area contributed by atoms with Crippen molar-refractivity contribution in [3.05, 3.63) is 12.2 Å². The van der Waals surface area contributed by atoms with E-state index in [9.17, 15) is 14.4 Å². The van der Waals surface area contributed by atoms with Crippen LogP contribution < -0.4 is 0 Å². The van der Waals surface area contributed by atoms with Gasteiger partial charge in [0.15, 0.2) is 0 Å². The van der Waals surface area contributed by atoms with Crippen LogP contribution >= 0.6 is 0 Å². The summed E-state index contributed by atoms with van der Waals surface area (Å²) < 4.78 is 9.86. The first-order valence-corrected chi connectivity index (χ1v) is 7.24. The van der Waals surface area contributed by atoms with Crippen molar-refractivity contribution in [2.45, 2.75) is 39.5 Å². The van der Waals surface area contributed by atoms with Crippen LogP contribution in [0.2, 0.25) is 0 Å². The molecule has 0 aromatic rings. The summed E-state index contributed by atoms with van der Waals surface area (Å²) in [4.78, 5) is 36.3. The highest BCUT2D eigenvalue weighted by Gasteiger charge is 2.56. The molecule has 5 nitrogen and oxygen atoms in total. The zero-order valence-electron chi connectivity index (χ0n) is 12.9. The molecule has 0 unspecified atom stereocenters. The Labute approximate surface area is 124 Å². The minimum atomic E-state index is -0.876. The molecule has 2 aliphatic rings. The second-order valence-corrected chi connectivity index (χ2v) is 6.34. The monoisotopic (exact) mass is 294 g/mol. The average Bonchev–Trinajstić information content (AvgIpc) is 2.48. The van der Waals surface area contributed by atoms with Gasteiger partial charge in [0.2, 0.25) is 0 Å². The first-order valence-electron chi connectivity index (χ1n) is 7.24. The van der Waals surface area contributed by atoms with E-state index >= 15 is 0 Å². The van der Waals surface area contributed by atoms with E-state index in [0.29, 0.717) is 31.4 Å². The third kappa shape index (κ3) is 2.28. The zero-order valence-corrected chi connectivity index (χ0v) is 12.9. The molecule has 2 rings (SSSR count). The van der Waals surface area contributed by atoms with Gasteiger partial charge in [0.1, 0.15) is 5.78 Å². The number of methoxy groups -OCH3 is 1. The molecule has 0 aromatic carbocycles. The summed E-state index contributed by atoms with van der Waals surface area (Å²) in [6.07, 6.45) is 1.51. The molecule has 5 heteroatoms. The molecule has 3 atom stereocenters. The van der Waals surface area contributed by atoms with E-state index in [1.54, 1.807) is 13.8 Å². The Morgan fingerprint density at radius 3 is 2.62 bits per heavy atom. The van der Waals surface area contributed by atoms with E-state index < -0.39 is 10.8 Å². The predicted octanol–water partition coefficient (Wildman–Crippen LogP) is 2.04. The van der Waals surface area contributed by atoms with Gasteiger partial charge < -0.3 is 9.47 Å². The largest absolute Gasteiger partial charge is 0.468 e. The maximum Gasteiger partial charge on any atom is 0.315 e. The lowest BCUT2D eigenvalue weighted by molar-refractivity contribution is -0.157. The van der Waals surface area contributed by atoms with Crippen molar-refractivity contribution in [2.24, 2.45) is 16.7 Å². The molecule has 1 aliphatic heterocycles. The molecule has 0 aromatic heterocycles. The Balaban J connectivity index is 2.39. The van der Waals surface area contributed by atoms with Gasteiger partial charge in [0, 0.05) is 12.8 Å². The standard InChI is InChI=1S/C16H22O5/c1-10-15(2,14(19)20-4)7-5-12(17)16(10,3)11-6-8-21-13(18)9-11/h11H,1,5-9H2,2-4H3/t11-,15+,16+/m1/s1. The van der Waals surface area contributed by atoms with E-state index in [2.05, 4.69) is 6.58 Å². The molecule has 0 radical (unpaired) electrons. The Bertz CT molecular complexity index is 509. The number of esters is 2. The lowest BCUT2D eigenvalue weighted by atomic mass is 9.54. The lowest BCUT2D eigenvalue weighted by Crippen LogP contribution is -2.51. The number of rotatable bonds is 2. The molecular formula is C16H22O5. The summed E-state index contributed by atoms with van der Waals surface area (Å²) in [5, 5.41) is 0. The third-order valence-electron chi connectivity index (χ3n) is 5.32. The maximum atomic E-state index is 12.6. The van der Waals surface area contributed by atoms with E-state index in [1.807, 2.05) is 0 Å². The number of Topliss-reactive ketones (excluding diaryl/α,β-unsaturated/α-hetero) is 1. The van der Waals surface area contributed by atoms with Crippen molar-refractivity contribution in [1.29, 1.82) is 0 Å². The van der Waals surface area contributed by atoms with Gasteiger partial charge in [-0.05, 0) is 38.2 Å². The molecule has 0 amide bonds. The van der Waals surface area contributed by atoms with Crippen LogP contribution in [0.15, 0.2) is 12.2 Å². The number of cyclic esters (lactones) is 1. The summed E-state index contributed by atoms with van der Waals surface area (Å²) in [5.74, 6) is -0.778. The van der Waals surface area contributed by atoms with Crippen LogP contribution in [0.3, 0.4) is 0 Å². The number of hydrogen-bond donors (Lipinski definition) is 0. The van der Waals surface area contributed by atoms with Gasteiger partial charge in [-0.1, -0.05) is 6.58 Å². The SMILES string of the molecule is C=C1[C@@](C)(C(=O)OC)CCC(=O)[C@]1(C)[C@@H]1CCOC(=O)C1. The van der Waals surface area contributed by atoms with Gasteiger partial charge in [-0.15, -0.1) is 0 Å². The van der Waals surface area contributed by atoms with Gasteiger partial charge in [-0.2, -0.15) is 0 Å². The van der Waals surface area contributed by atoms with Gasteiger partial charge in [-0.3, -0.25) is 14.4 Å². The summed E-state index contributed by atoms with van der Waals surface area (Å²) in [6.45, 7) is 7.96. The van der Waals surface area contributed by atoms with Gasteiger partial charge in [0.25, 0.3) is 0 Å². The van der Waals surface area contributed by atoms with Gasteiger partial charge in [0.05, 0.1) is 24.5 Å². The Hall–Kier alpha value is -1.65. The Kier molecular flexibility index (Phi) is 3.95. The van der Waals surface area contributed by atoms with Gasteiger partial charge >= 0.3 is 11.9 Å². The second kappa shape index (κ2) is 5.28. The zero-order chi connectivity index (χ0) is 15.8. The number of ketones is 1. The van der Waals surface area contributed by atoms with Crippen LogP contribution in [0.25, 0.3) is 0 Å². The van der Waals surface area contributed by atoms with Crippen molar-refractivity contribution in [3.63, 3.8) is 0 Å². The Morgan fingerprint density at radius 1 is 1.38 bits per heavy atom. The van der Waals surface area contributed by atoms with Crippen molar-refractivity contribution >= 4 is 17.7 Å². The average molecular weight is 294 g/mol. The maximum absolute atomic E-state index is 12.6. The van der Waals surface area contributed by atoms with Crippen molar-refractivity contribution < 1.29 is 23.9 Å². The molecule has 0 N–H and O–H groups in total. The summed E-state index contributed by atoms with van der Waals surface area (Å²) in [5.41, 5.74) is -1.18. The van der Waals surface area contributed by atoms with Crippen LogP contribution in [-0.2, 0) is 23.9 Å². The molecule has 1 saturated heterocycles. The van der Waals surface area contributed by atoms with Crippen molar-refractivity contribution in [3.8, 4) is 0 Å². The summed E-state index contributed by atoms with van der Waals surface area (Å²) in [7, 11) is 1.34. The molecule has 116 valence electrons. The second-order valence-electron chi connectivity index (χ2n) is 6.34. The Morgan fingerprint density at radius 2 is 2.05 bits per heavy atom. The molecule has 1 aliphatic carbocycles. The fraction of sp³-hybridized carbons (Fsp3) is 0.688. The minimum absolute atomic E-state index is 0.0496. The first kappa shape index (κ1) is 15.7. The molecule has 1 heterocycles. The van der Waals surface area contributed by atoms with Crippen LogP contribution in [0, 0.1) is 16.7 Å². The smallest absolute Gasteiger partial charge is 0.315 e. The van der Waals surface area contributed by atoms with E-state index in [-0.39, 0.29) is 30.1 Å². The highest BCUT2D eigenvalue weighted by Crippen LogP contribution is 2.54. The quantitative estimate of drug-likeness (QED) is 0.576. The molecule has 1 saturated carbocycles. The first-order chi connectivity index (χ1) is 9.76. The molecule has 0 spiro atoms. The molecular weight excluding hydrogens is 272 g/mol. The normalized spacial score (nSPS) is 37.1. The highest BCUT2D eigenvalue weighted by atomic mass is 16.5. The van der Waals surface area contributed by atoms with Crippen molar-refractivity contribution in [2.75, 3.05) is 13.7 Å². The molecule has 21 heavy (non-hydrogen) atoms. The lowest BCUT2D eigenvalue weighted by Gasteiger charge is -2.48. The summed E-state index contributed by atoms with van der Waals surface area (Å²) >= 11 is 0. The number of ether oxygens (including phenoxy) is 2.